The lowest BCUT2D eigenvalue weighted by molar-refractivity contribution is 0.127. The molecule has 1 aromatic carbocycles. The van der Waals surface area contributed by atoms with E-state index in [1.54, 1.807) is 7.11 Å². The number of benzene rings is 1. The number of ether oxygens (including phenoxy) is 2. The summed E-state index contributed by atoms with van der Waals surface area (Å²) in [5.74, 6) is 1.52. The highest BCUT2D eigenvalue weighted by Gasteiger charge is 2.28. The van der Waals surface area contributed by atoms with E-state index in [1.807, 2.05) is 18.4 Å². The number of allylic oxidation sites excluding steroid dienone is 2. The van der Waals surface area contributed by atoms with Crippen LogP contribution in [0.2, 0.25) is 0 Å². The lowest BCUT2D eigenvalue weighted by Crippen LogP contribution is -2.20. The first-order valence-electron chi connectivity index (χ1n) is 6.02. The summed E-state index contributed by atoms with van der Waals surface area (Å²) in [6, 6.07) is 8.18. The Balaban J connectivity index is 1.80. The third-order valence-electron chi connectivity index (χ3n) is 3.54. The molecule has 1 aliphatic carbocycles. The molecule has 0 fully saturated rings. The zero-order valence-electron chi connectivity index (χ0n) is 9.93. The molecular formula is C15H16O2. The number of hydrogen-bond donors (Lipinski definition) is 0. The fourth-order valence-corrected chi connectivity index (χ4v) is 2.52. The maximum atomic E-state index is 5.75. The summed E-state index contributed by atoms with van der Waals surface area (Å²) < 4.78 is 10.9. The van der Waals surface area contributed by atoms with Crippen molar-refractivity contribution in [2.24, 2.45) is 5.92 Å². The highest BCUT2D eigenvalue weighted by molar-refractivity contribution is 5.66. The van der Waals surface area contributed by atoms with Crippen LogP contribution in [0.5, 0.6) is 5.75 Å². The molecular weight excluding hydrogens is 212 g/mol. The zero-order valence-corrected chi connectivity index (χ0v) is 9.93. The Hall–Kier alpha value is -1.70. The van der Waals surface area contributed by atoms with Gasteiger partial charge in [-0.25, -0.2) is 0 Å². The Bertz CT molecular complexity index is 456. The lowest BCUT2D eigenvalue weighted by atomic mass is 9.90. The lowest BCUT2D eigenvalue weighted by Gasteiger charge is -2.26. The van der Waals surface area contributed by atoms with Gasteiger partial charge in [-0.1, -0.05) is 18.2 Å². The number of rotatable bonds is 2. The minimum Gasteiger partial charge on any atom is -0.497 e. The van der Waals surface area contributed by atoms with Crippen LogP contribution in [0.15, 0.2) is 42.7 Å². The molecule has 2 aliphatic rings. The summed E-state index contributed by atoms with van der Waals surface area (Å²) in [5, 5.41) is 0. The normalized spacial score (nSPS) is 26.1. The molecule has 0 N–H and O–H groups in total. The van der Waals surface area contributed by atoms with Crippen LogP contribution in [-0.4, -0.2) is 13.2 Å². The van der Waals surface area contributed by atoms with Crippen molar-refractivity contribution in [3.63, 3.8) is 0 Å². The molecule has 2 nitrogen and oxygen atoms in total. The summed E-state index contributed by atoms with van der Waals surface area (Å²) in [7, 11) is 1.69. The van der Waals surface area contributed by atoms with Crippen LogP contribution in [0.25, 0.3) is 5.57 Å². The van der Waals surface area contributed by atoms with Crippen LogP contribution >= 0.6 is 0 Å². The van der Waals surface area contributed by atoms with Crippen molar-refractivity contribution in [2.75, 3.05) is 7.11 Å². The van der Waals surface area contributed by atoms with E-state index in [1.165, 1.54) is 11.1 Å². The van der Waals surface area contributed by atoms with Crippen LogP contribution < -0.4 is 4.74 Å². The van der Waals surface area contributed by atoms with Crippen molar-refractivity contribution in [3.8, 4) is 5.75 Å². The van der Waals surface area contributed by atoms with Gasteiger partial charge in [0.25, 0.3) is 0 Å². The van der Waals surface area contributed by atoms with Gasteiger partial charge in [-0.05, 0) is 42.2 Å². The molecule has 1 aromatic rings. The van der Waals surface area contributed by atoms with Gasteiger partial charge in [0.1, 0.15) is 11.9 Å². The van der Waals surface area contributed by atoms with Crippen molar-refractivity contribution in [2.45, 2.75) is 18.9 Å². The standard InChI is InChI=1S/C15H16O2/c1-16-14-7-5-11(6-8-14)13-9-12-3-2-4-15(12)17-10-13/h2,4-8,10,12,15H,3,9H2,1H3/t12-,15-/m1/s1. The maximum Gasteiger partial charge on any atom is 0.119 e. The Kier molecular flexibility index (Phi) is 2.63. The highest BCUT2D eigenvalue weighted by Crippen LogP contribution is 2.36. The second-order valence-corrected chi connectivity index (χ2v) is 4.60. The summed E-state index contributed by atoms with van der Waals surface area (Å²) in [6.07, 6.45) is 8.85. The largest absolute Gasteiger partial charge is 0.497 e. The molecule has 0 spiro atoms. The van der Waals surface area contributed by atoms with Gasteiger partial charge in [0.15, 0.2) is 0 Å². The summed E-state index contributed by atoms with van der Waals surface area (Å²) in [5.41, 5.74) is 2.52. The van der Waals surface area contributed by atoms with Crippen molar-refractivity contribution in [1.29, 1.82) is 0 Å². The molecule has 0 radical (unpaired) electrons. The SMILES string of the molecule is COc1ccc(C2=CO[C@@H]3C=CC[C@@H]3C2)cc1. The quantitative estimate of drug-likeness (QED) is 0.722. The summed E-state index contributed by atoms with van der Waals surface area (Å²) in [4.78, 5) is 0. The number of methoxy groups -OCH3 is 1. The van der Waals surface area contributed by atoms with E-state index in [0.717, 1.165) is 18.6 Å². The third-order valence-corrected chi connectivity index (χ3v) is 3.54. The van der Waals surface area contributed by atoms with Crippen LogP contribution in [0.1, 0.15) is 18.4 Å². The van der Waals surface area contributed by atoms with Crippen LogP contribution in [0.4, 0.5) is 0 Å². The number of fused-ring (bicyclic) bond motifs is 1. The Labute approximate surface area is 102 Å². The van der Waals surface area contributed by atoms with Crippen molar-refractivity contribution >= 4 is 5.57 Å². The van der Waals surface area contributed by atoms with Gasteiger partial charge < -0.3 is 9.47 Å². The van der Waals surface area contributed by atoms with Gasteiger partial charge >= 0.3 is 0 Å². The minimum atomic E-state index is 0.303. The molecule has 0 saturated carbocycles. The van der Waals surface area contributed by atoms with Crippen LogP contribution in [0, 0.1) is 5.92 Å². The molecule has 2 atom stereocenters. The molecule has 0 amide bonds. The predicted molar refractivity (Wildman–Crippen MR) is 67.7 cm³/mol. The fraction of sp³-hybridized carbons (Fsp3) is 0.333. The molecule has 0 bridgehead atoms. The molecule has 1 aliphatic heterocycles. The van der Waals surface area contributed by atoms with Gasteiger partial charge in [0.05, 0.1) is 13.4 Å². The van der Waals surface area contributed by atoms with Gasteiger partial charge in [0, 0.05) is 5.92 Å². The van der Waals surface area contributed by atoms with E-state index in [-0.39, 0.29) is 0 Å². The molecule has 0 aromatic heterocycles. The van der Waals surface area contributed by atoms with Gasteiger partial charge in [-0.3, -0.25) is 0 Å². The number of hydrogen-bond acceptors (Lipinski definition) is 2. The maximum absolute atomic E-state index is 5.75. The third kappa shape index (κ3) is 1.95. The summed E-state index contributed by atoms with van der Waals surface area (Å²) in [6.45, 7) is 0. The molecule has 1 heterocycles. The fourth-order valence-electron chi connectivity index (χ4n) is 2.52. The van der Waals surface area contributed by atoms with Gasteiger partial charge in [-0.2, -0.15) is 0 Å². The zero-order chi connectivity index (χ0) is 11.7. The topological polar surface area (TPSA) is 18.5 Å². The predicted octanol–water partition coefficient (Wildman–Crippen LogP) is 3.40. The first-order chi connectivity index (χ1) is 8.36. The Morgan fingerprint density at radius 3 is 2.82 bits per heavy atom. The molecule has 2 heteroatoms. The van der Waals surface area contributed by atoms with E-state index in [2.05, 4.69) is 24.3 Å². The van der Waals surface area contributed by atoms with Crippen molar-refractivity contribution in [1.82, 2.24) is 0 Å². The average molecular weight is 228 g/mol. The first-order valence-corrected chi connectivity index (χ1v) is 6.02. The van der Waals surface area contributed by atoms with E-state index in [4.69, 9.17) is 9.47 Å². The highest BCUT2D eigenvalue weighted by atomic mass is 16.5. The minimum absolute atomic E-state index is 0.303. The first kappa shape index (κ1) is 10.5. The van der Waals surface area contributed by atoms with E-state index in [9.17, 15) is 0 Å². The molecule has 17 heavy (non-hydrogen) atoms. The Morgan fingerprint density at radius 1 is 1.24 bits per heavy atom. The summed E-state index contributed by atoms with van der Waals surface area (Å²) >= 11 is 0. The van der Waals surface area contributed by atoms with E-state index >= 15 is 0 Å². The van der Waals surface area contributed by atoms with Crippen molar-refractivity contribution < 1.29 is 9.47 Å². The average Bonchev–Trinajstić information content (AvgIpc) is 2.86. The Morgan fingerprint density at radius 2 is 2.06 bits per heavy atom. The molecule has 0 unspecified atom stereocenters. The second kappa shape index (κ2) is 4.28. The second-order valence-electron chi connectivity index (χ2n) is 4.60. The van der Waals surface area contributed by atoms with Gasteiger partial charge in [0.2, 0.25) is 0 Å². The van der Waals surface area contributed by atoms with Gasteiger partial charge in [-0.15, -0.1) is 0 Å². The van der Waals surface area contributed by atoms with E-state index < -0.39 is 0 Å². The molecule has 3 rings (SSSR count). The molecule has 88 valence electrons. The van der Waals surface area contributed by atoms with E-state index in [0.29, 0.717) is 12.0 Å². The van der Waals surface area contributed by atoms with Crippen molar-refractivity contribution in [3.05, 3.63) is 48.2 Å². The van der Waals surface area contributed by atoms with Crippen LogP contribution in [0.3, 0.4) is 0 Å². The van der Waals surface area contributed by atoms with Crippen LogP contribution in [-0.2, 0) is 4.74 Å². The molecule has 0 saturated heterocycles. The monoisotopic (exact) mass is 228 g/mol. The smallest absolute Gasteiger partial charge is 0.119 e.